The number of dihydropyridines is 1. The molecule has 174 valence electrons. The Kier molecular flexibility index (Phi) is 7.56. The van der Waals surface area contributed by atoms with Gasteiger partial charge in [-0.15, -0.1) is 0 Å². The van der Waals surface area contributed by atoms with Crippen LogP contribution in [0.4, 0.5) is 5.69 Å². The number of nitrogens with zero attached hydrogens (tertiary/aromatic N) is 2. The molecule has 2 rings (SSSR count). The first-order chi connectivity index (χ1) is 15.4. The first-order valence-corrected chi connectivity index (χ1v) is 9.71. The molecule has 1 aliphatic rings. The molecular formula is C22H23N3O8. The van der Waals surface area contributed by atoms with Crippen molar-refractivity contribution in [3.63, 3.8) is 0 Å². The zero-order chi connectivity index (χ0) is 24.9. The van der Waals surface area contributed by atoms with Crippen LogP contribution in [0.5, 0.6) is 0 Å². The van der Waals surface area contributed by atoms with E-state index in [4.69, 9.17) is 14.2 Å². The molecule has 0 aromatic heterocycles. The molecule has 0 unspecified atom stereocenters. The number of benzene rings is 1. The zero-order valence-corrected chi connectivity index (χ0v) is 18.8. The monoisotopic (exact) mass is 457 g/mol. The standard InChI is InChI=1S/C22H23N3O8/c1-12-16(20(27)32-11-33-21(28)22(2,3)4)17(13-7-6-8-14(9-13)25(29)30)18(19(26)31-5)15(10-23)24-12/h6-9,17,24H,11H2,1-5H3/t17-/m1/s1. The van der Waals surface area contributed by atoms with Crippen molar-refractivity contribution in [2.75, 3.05) is 13.9 Å². The summed E-state index contributed by atoms with van der Waals surface area (Å²) >= 11 is 0. The van der Waals surface area contributed by atoms with Gasteiger partial charge >= 0.3 is 17.9 Å². The summed E-state index contributed by atoms with van der Waals surface area (Å²) in [6.07, 6.45) is 0. The van der Waals surface area contributed by atoms with Crippen molar-refractivity contribution in [2.24, 2.45) is 5.41 Å². The van der Waals surface area contributed by atoms with Gasteiger partial charge in [0.05, 0.1) is 34.5 Å². The molecule has 0 amide bonds. The van der Waals surface area contributed by atoms with Gasteiger partial charge in [-0.3, -0.25) is 14.9 Å². The van der Waals surface area contributed by atoms with Crippen LogP contribution in [0.25, 0.3) is 0 Å². The fraction of sp³-hybridized carbons (Fsp3) is 0.364. The number of nitro groups is 1. The van der Waals surface area contributed by atoms with Crippen molar-refractivity contribution < 1.29 is 33.5 Å². The summed E-state index contributed by atoms with van der Waals surface area (Å²) in [7, 11) is 1.10. The van der Waals surface area contributed by atoms with Crippen molar-refractivity contribution in [1.29, 1.82) is 5.26 Å². The fourth-order valence-electron chi connectivity index (χ4n) is 3.10. The SMILES string of the molecule is COC(=O)C1=C(C#N)NC(C)=C(C(=O)OCOC(=O)C(C)(C)C)[C@H]1c1cccc([N+](=O)[O-])c1. The highest BCUT2D eigenvalue weighted by molar-refractivity contribution is 6.00. The largest absolute Gasteiger partial charge is 0.466 e. The van der Waals surface area contributed by atoms with E-state index in [9.17, 15) is 29.8 Å². The summed E-state index contributed by atoms with van der Waals surface area (Å²) in [6, 6.07) is 7.15. The first kappa shape index (κ1) is 25.1. The maximum Gasteiger partial charge on any atom is 0.339 e. The van der Waals surface area contributed by atoms with E-state index in [0.29, 0.717) is 0 Å². The third-order valence-electron chi connectivity index (χ3n) is 4.71. The lowest BCUT2D eigenvalue weighted by molar-refractivity contribution is -0.384. The van der Waals surface area contributed by atoms with E-state index in [-0.39, 0.29) is 33.8 Å². The van der Waals surface area contributed by atoms with E-state index in [1.54, 1.807) is 20.8 Å². The van der Waals surface area contributed by atoms with Gasteiger partial charge in [-0.25, -0.2) is 9.59 Å². The number of methoxy groups -OCH3 is 1. The Morgan fingerprint density at radius 1 is 1.18 bits per heavy atom. The molecule has 1 aliphatic heterocycles. The smallest absolute Gasteiger partial charge is 0.339 e. The Morgan fingerprint density at radius 3 is 2.39 bits per heavy atom. The van der Waals surface area contributed by atoms with Crippen LogP contribution in [-0.2, 0) is 28.6 Å². The summed E-state index contributed by atoms with van der Waals surface area (Å²) in [6.45, 7) is 5.68. The Hall–Kier alpha value is -4.20. The highest BCUT2D eigenvalue weighted by Gasteiger charge is 2.39. The van der Waals surface area contributed by atoms with Gasteiger partial charge in [0, 0.05) is 17.8 Å². The second-order valence-electron chi connectivity index (χ2n) is 8.07. The third-order valence-corrected chi connectivity index (χ3v) is 4.71. The lowest BCUT2D eigenvalue weighted by atomic mass is 9.80. The normalized spacial score (nSPS) is 15.8. The van der Waals surface area contributed by atoms with Gasteiger partial charge in [-0.05, 0) is 33.3 Å². The molecule has 1 aromatic carbocycles. The number of esters is 3. The number of ether oxygens (including phenoxy) is 3. The summed E-state index contributed by atoms with van der Waals surface area (Å²) < 4.78 is 14.9. The quantitative estimate of drug-likeness (QED) is 0.291. The fourth-order valence-corrected chi connectivity index (χ4v) is 3.10. The van der Waals surface area contributed by atoms with Crippen molar-refractivity contribution in [3.8, 4) is 6.07 Å². The number of carbonyl (C=O) groups is 3. The molecule has 33 heavy (non-hydrogen) atoms. The maximum atomic E-state index is 13.0. The second kappa shape index (κ2) is 9.95. The van der Waals surface area contributed by atoms with Gasteiger partial charge in [-0.1, -0.05) is 12.1 Å². The second-order valence-corrected chi connectivity index (χ2v) is 8.07. The number of rotatable bonds is 6. The van der Waals surface area contributed by atoms with Crippen molar-refractivity contribution in [2.45, 2.75) is 33.6 Å². The van der Waals surface area contributed by atoms with Crippen LogP contribution < -0.4 is 5.32 Å². The molecule has 0 radical (unpaired) electrons. The van der Waals surface area contributed by atoms with Gasteiger partial charge in [0.25, 0.3) is 5.69 Å². The number of non-ortho nitro benzene ring substituents is 1. The maximum absolute atomic E-state index is 13.0. The van der Waals surface area contributed by atoms with Crippen LogP contribution in [0.15, 0.2) is 46.8 Å². The van der Waals surface area contributed by atoms with Crippen LogP contribution in [-0.4, -0.2) is 36.7 Å². The highest BCUT2D eigenvalue weighted by Crippen LogP contribution is 2.40. The Balaban J connectivity index is 2.53. The lowest BCUT2D eigenvalue weighted by Gasteiger charge is -2.29. The molecule has 0 bridgehead atoms. The summed E-state index contributed by atoms with van der Waals surface area (Å²) in [5.74, 6) is -3.66. The van der Waals surface area contributed by atoms with E-state index in [0.717, 1.165) is 7.11 Å². The zero-order valence-electron chi connectivity index (χ0n) is 18.8. The Bertz CT molecular complexity index is 1110. The molecule has 0 saturated carbocycles. The minimum Gasteiger partial charge on any atom is -0.466 e. The van der Waals surface area contributed by atoms with Gasteiger partial charge in [0.1, 0.15) is 11.8 Å². The van der Waals surface area contributed by atoms with Gasteiger partial charge < -0.3 is 19.5 Å². The molecule has 1 N–H and O–H groups in total. The van der Waals surface area contributed by atoms with Crippen molar-refractivity contribution >= 4 is 23.6 Å². The van der Waals surface area contributed by atoms with E-state index < -0.39 is 41.0 Å². The molecule has 0 fully saturated rings. The highest BCUT2D eigenvalue weighted by atomic mass is 16.7. The molecule has 0 aliphatic carbocycles. The molecule has 11 heteroatoms. The van der Waals surface area contributed by atoms with Crippen LogP contribution in [0.2, 0.25) is 0 Å². The van der Waals surface area contributed by atoms with Gasteiger partial charge in [-0.2, -0.15) is 5.26 Å². The number of carbonyl (C=O) groups excluding carboxylic acids is 3. The first-order valence-electron chi connectivity index (χ1n) is 9.71. The van der Waals surface area contributed by atoms with Crippen LogP contribution >= 0.6 is 0 Å². The molecule has 0 spiro atoms. The van der Waals surface area contributed by atoms with E-state index in [2.05, 4.69) is 5.32 Å². The summed E-state index contributed by atoms with van der Waals surface area (Å²) in [5, 5.41) is 23.5. The number of nitriles is 1. The number of nitrogens with one attached hydrogen (secondary N) is 1. The van der Waals surface area contributed by atoms with Crippen LogP contribution in [0, 0.1) is 26.9 Å². The molecule has 1 heterocycles. The molecule has 1 atom stereocenters. The average molecular weight is 457 g/mol. The third kappa shape index (κ3) is 5.54. The topological polar surface area (TPSA) is 158 Å². The minimum absolute atomic E-state index is 0.0956. The Morgan fingerprint density at radius 2 is 1.85 bits per heavy atom. The lowest BCUT2D eigenvalue weighted by Crippen LogP contribution is -2.33. The van der Waals surface area contributed by atoms with E-state index >= 15 is 0 Å². The van der Waals surface area contributed by atoms with E-state index in [1.165, 1.54) is 31.2 Å². The number of nitro benzene ring substituents is 1. The summed E-state index contributed by atoms with van der Waals surface area (Å²) in [5.41, 5.74) is -1.21. The minimum atomic E-state index is -1.21. The number of allylic oxidation sites excluding steroid dienone is 2. The van der Waals surface area contributed by atoms with Crippen LogP contribution in [0.1, 0.15) is 39.2 Å². The number of hydrogen-bond donors (Lipinski definition) is 1. The Labute approximate surface area is 189 Å². The van der Waals surface area contributed by atoms with Crippen LogP contribution in [0.3, 0.4) is 0 Å². The van der Waals surface area contributed by atoms with Gasteiger partial charge in [0.2, 0.25) is 6.79 Å². The molecule has 1 aromatic rings. The van der Waals surface area contributed by atoms with Crippen molar-refractivity contribution in [1.82, 2.24) is 5.32 Å². The molecule has 0 saturated heterocycles. The summed E-state index contributed by atoms with van der Waals surface area (Å²) in [4.78, 5) is 48.2. The van der Waals surface area contributed by atoms with Gasteiger partial charge in [0.15, 0.2) is 0 Å². The molecule has 11 nitrogen and oxygen atoms in total. The predicted molar refractivity (Wildman–Crippen MR) is 113 cm³/mol. The average Bonchev–Trinajstić information content (AvgIpc) is 2.76. The molecular weight excluding hydrogens is 434 g/mol. The van der Waals surface area contributed by atoms with E-state index in [1.807, 2.05) is 6.07 Å². The van der Waals surface area contributed by atoms with Crippen molar-refractivity contribution in [3.05, 3.63) is 62.5 Å². The predicted octanol–water partition coefficient (Wildman–Crippen LogP) is 2.60. The number of hydrogen-bond acceptors (Lipinski definition) is 10.